The summed E-state index contributed by atoms with van der Waals surface area (Å²) in [5, 5.41) is 4.17. The zero-order chi connectivity index (χ0) is 27.0. The Kier molecular flexibility index (Phi) is 11.3. The quantitative estimate of drug-likeness (QED) is 0.360. The summed E-state index contributed by atoms with van der Waals surface area (Å²) in [6.45, 7) is 5.62. The lowest BCUT2D eigenvalue weighted by atomic mass is 10.1. The molecule has 0 saturated heterocycles. The molecule has 7 nitrogen and oxygen atoms in total. The minimum Gasteiger partial charge on any atom is -0.352 e. The van der Waals surface area contributed by atoms with Gasteiger partial charge in [-0.15, -0.1) is 0 Å². The third-order valence-corrected chi connectivity index (χ3v) is 7.98. The number of hydrogen-bond acceptors (Lipinski definition) is 4. The predicted octanol–water partition coefficient (Wildman–Crippen LogP) is 5.53. The molecule has 2 aromatic carbocycles. The van der Waals surface area contributed by atoms with Gasteiger partial charge in [-0.3, -0.25) is 13.9 Å². The molecule has 0 aliphatic rings. The normalized spacial score (nSPS) is 13.1. The molecular weight excluding hydrogens is 545 g/mol. The molecule has 11 heteroatoms. The van der Waals surface area contributed by atoms with Gasteiger partial charge >= 0.3 is 0 Å². The molecule has 2 aromatic rings. The molecule has 0 fully saturated rings. The van der Waals surface area contributed by atoms with Gasteiger partial charge in [0.25, 0.3) is 0 Å². The first kappa shape index (κ1) is 30.2. The molecule has 2 amide bonds. The number of benzene rings is 2. The van der Waals surface area contributed by atoms with E-state index in [0.717, 1.165) is 12.7 Å². The predicted molar refractivity (Wildman–Crippen MR) is 147 cm³/mol. The number of sulfonamides is 1. The molecule has 198 valence electrons. The largest absolute Gasteiger partial charge is 0.352 e. The van der Waals surface area contributed by atoms with E-state index in [4.69, 9.17) is 34.8 Å². The van der Waals surface area contributed by atoms with Crippen LogP contribution in [-0.4, -0.2) is 50.0 Å². The first-order valence-electron chi connectivity index (χ1n) is 11.6. The molecule has 0 aromatic heterocycles. The molecule has 0 unspecified atom stereocenters. The average molecular weight is 577 g/mol. The molecule has 36 heavy (non-hydrogen) atoms. The Morgan fingerprint density at radius 1 is 1.00 bits per heavy atom. The summed E-state index contributed by atoms with van der Waals surface area (Å²) in [5.41, 5.74) is 0.992. The monoisotopic (exact) mass is 575 g/mol. The van der Waals surface area contributed by atoms with E-state index in [0.29, 0.717) is 26.3 Å². The fourth-order valence-corrected chi connectivity index (χ4v) is 5.12. The Morgan fingerprint density at radius 3 is 2.11 bits per heavy atom. The molecule has 0 heterocycles. The van der Waals surface area contributed by atoms with Crippen molar-refractivity contribution >= 4 is 62.3 Å². The number of rotatable bonds is 12. The van der Waals surface area contributed by atoms with Gasteiger partial charge in [-0.25, -0.2) is 8.42 Å². The number of hydrogen-bond donors (Lipinski definition) is 1. The van der Waals surface area contributed by atoms with Crippen LogP contribution in [0.2, 0.25) is 15.1 Å². The van der Waals surface area contributed by atoms with Crippen LogP contribution in [0.1, 0.15) is 45.6 Å². The minimum absolute atomic E-state index is 0.0165. The molecule has 2 atom stereocenters. The van der Waals surface area contributed by atoms with Crippen molar-refractivity contribution in [2.75, 3.05) is 17.1 Å². The van der Waals surface area contributed by atoms with Crippen LogP contribution in [0.3, 0.4) is 0 Å². The van der Waals surface area contributed by atoms with Crippen molar-refractivity contribution < 1.29 is 18.0 Å². The van der Waals surface area contributed by atoms with Gasteiger partial charge in [-0.05, 0) is 63.1 Å². The van der Waals surface area contributed by atoms with Crippen LogP contribution in [0.5, 0.6) is 0 Å². The second kappa shape index (κ2) is 13.5. The van der Waals surface area contributed by atoms with Crippen molar-refractivity contribution in [2.24, 2.45) is 0 Å². The zero-order valence-corrected chi connectivity index (χ0v) is 23.9. The second-order valence-electron chi connectivity index (χ2n) is 8.63. The van der Waals surface area contributed by atoms with E-state index in [2.05, 4.69) is 5.32 Å². The Balaban J connectivity index is 2.22. The van der Waals surface area contributed by atoms with Crippen molar-refractivity contribution in [3.8, 4) is 0 Å². The van der Waals surface area contributed by atoms with E-state index < -0.39 is 16.1 Å². The Bertz CT molecular complexity index is 1140. The molecule has 0 aliphatic heterocycles. The third-order valence-electron chi connectivity index (χ3n) is 5.83. The lowest BCUT2D eigenvalue weighted by Crippen LogP contribution is -2.49. The maximum absolute atomic E-state index is 13.4. The van der Waals surface area contributed by atoms with Crippen LogP contribution in [0.15, 0.2) is 42.5 Å². The van der Waals surface area contributed by atoms with Crippen molar-refractivity contribution in [2.45, 2.75) is 58.7 Å². The SMILES string of the molecule is CC[C@H](C)NC(=O)[C@@H](C)N(Cc1c(Cl)cccc1Cl)C(=O)CCCN(c1ccc(Cl)cc1)S(C)(=O)=O. The molecule has 2 rings (SSSR count). The summed E-state index contributed by atoms with van der Waals surface area (Å²) in [6, 6.07) is 10.6. The lowest BCUT2D eigenvalue weighted by Gasteiger charge is -2.30. The smallest absolute Gasteiger partial charge is 0.242 e. The van der Waals surface area contributed by atoms with E-state index in [1.165, 1.54) is 9.21 Å². The third kappa shape index (κ3) is 8.54. The number of amides is 2. The summed E-state index contributed by atoms with van der Waals surface area (Å²) >= 11 is 18.6. The first-order chi connectivity index (χ1) is 16.8. The number of halogens is 3. The first-order valence-corrected chi connectivity index (χ1v) is 14.6. The highest BCUT2D eigenvalue weighted by molar-refractivity contribution is 7.92. The number of anilines is 1. The van der Waals surface area contributed by atoms with Gasteiger partial charge in [-0.2, -0.15) is 0 Å². The summed E-state index contributed by atoms with van der Waals surface area (Å²) in [4.78, 5) is 27.7. The maximum atomic E-state index is 13.4. The van der Waals surface area contributed by atoms with Crippen LogP contribution in [-0.2, 0) is 26.2 Å². The molecule has 0 saturated carbocycles. The zero-order valence-electron chi connectivity index (χ0n) is 20.8. The van der Waals surface area contributed by atoms with Crippen LogP contribution >= 0.6 is 34.8 Å². The number of nitrogens with zero attached hydrogens (tertiary/aromatic N) is 2. The number of nitrogens with one attached hydrogen (secondary N) is 1. The number of carbonyl (C=O) groups excluding carboxylic acids is 2. The highest BCUT2D eigenvalue weighted by atomic mass is 35.5. The van der Waals surface area contributed by atoms with E-state index >= 15 is 0 Å². The Labute approximate surface area is 228 Å². The van der Waals surface area contributed by atoms with Gasteiger partial charge in [-0.1, -0.05) is 47.8 Å². The van der Waals surface area contributed by atoms with Crippen LogP contribution in [0, 0.1) is 0 Å². The van der Waals surface area contributed by atoms with Gasteiger partial charge < -0.3 is 10.2 Å². The summed E-state index contributed by atoms with van der Waals surface area (Å²) < 4.78 is 26.0. The van der Waals surface area contributed by atoms with E-state index in [-0.39, 0.29) is 43.8 Å². The Morgan fingerprint density at radius 2 is 1.58 bits per heavy atom. The standard InChI is InChI=1S/C25H32Cl3N3O4S/c1-5-17(2)29-25(33)18(3)30(16-21-22(27)8-6-9-23(21)28)24(32)10-7-15-31(36(4,34)35)20-13-11-19(26)12-14-20/h6,8-9,11-14,17-18H,5,7,10,15-16H2,1-4H3,(H,29,33)/t17-,18+/m0/s1. The van der Waals surface area contributed by atoms with Crippen LogP contribution in [0.25, 0.3) is 0 Å². The highest BCUT2D eigenvalue weighted by Crippen LogP contribution is 2.27. The van der Waals surface area contributed by atoms with Crippen molar-refractivity contribution in [3.63, 3.8) is 0 Å². The summed E-state index contributed by atoms with van der Waals surface area (Å²) in [6.07, 6.45) is 2.11. The molecule has 1 N–H and O–H groups in total. The maximum Gasteiger partial charge on any atom is 0.242 e. The number of carbonyl (C=O) groups is 2. The summed E-state index contributed by atoms with van der Waals surface area (Å²) in [7, 11) is -3.59. The van der Waals surface area contributed by atoms with E-state index in [9.17, 15) is 18.0 Å². The molecule has 0 bridgehead atoms. The Hall–Kier alpha value is -2.00. The summed E-state index contributed by atoms with van der Waals surface area (Å²) in [5.74, 6) is -0.609. The molecular formula is C25H32Cl3N3O4S. The fourth-order valence-electron chi connectivity index (χ4n) is 3.51. The molecule has 0 spiro atoms. The minimum atomic E-state index is -3.59. The van der Waals surface area contributed by atoms with Gasteiger partial charge in [0, 0.05) is 46.2 Å². The highest BCUT2D eigenvalue weighted by Gasteiger charge is 2.28. The van der Waals surface area contributed by atoms with Gasteiger partial charge in [0.15, 0.2) is 0 Å². The van der Waals surface area contributed by atoms with Gasteiger partial charge in [0.05, 0.1) is 11.9 Å². The average Bonchev–Trinajstić information content (AvgIpc) is 2.81. The van der Waals surface area contributed by atoms with Crippen molar-refractivity contribution in [3.05, 3.63) is 63.1 Å². The second-order valence-corrected chi connectivity index (χ2v) is 11.8. The topological polar surface area (TPSA) is 86.8 Å². The lowest BCUT2D eigenvalue weighted by molar-refractivity contribution is -0.140. The molecule has 0 aliphatic carbocycles. The van der Waals surface area contributed by atoms with E-state index in [1.807, 2.05) is 13.8 Å². The van der Waals surface area contributed by atoms with Crippen LogP contribution in [0.4, 0.5) is 5.69 Å². The van der Waals surface area contributed by atoms with E-state index in [1.54, 1.807) is 49.4 Å². The van der Waals surface area contributed by atoms with Crippen LogP contribution < -0.4 is 9.62 Å². The fraction of sp³-hybridized carbons (Fsp3) is 0.440. The van der Waals surface area contributed by atoms with Crippen molar-refractivity contribution in [1.29, 1.82) is 0 Å². The van der Waals surface area contributed by atoms with Gasteiger partial charge in [0.1, 0.15) is 6.04 Å². The molecule has 0 radical (unpaired) electrons. The van der Waals surface area contributed by atoms with Crippen molar-refractivity contribution in [1.82, 2.24) is 10.2 Å². The van der Waals surface area contributed by atoms with Gasteiger partial charge in [0.2, 0.25) is 21.8 Å².